The molecule has 10 atom stereocenters. The molecule has 3 nitrogen and oxygen atoms in total. The number of allylic oxidation sites excluding steroid dienone is 1. The molecule has 4 aliphatic rings. The van der Waals surface area contributed by atoms with Crippen LogP contribution in [-0.4, -0.2) is 27.5 Å². The maximum atomic E-state index is 11.1. The van der Waals surface area contributed by atoms with E-state index in [2.05, 4.69) is 13.5 Å². The minimum atomic E-state index is -0.148. The van der Waals surface area contributed by atoms with E-state index < -0.39 is 0 Å². The fourth-order valence-corrected chi connectivity index (χ4v) is 7.88. The number of hydrogen-bond donors (Lipinski definition) is 3. The summed E-state index contributed by atoms with van der Waals surface area (Å²) in [6.45, 7) is 6.01. The Morgan fingerprint density at radius 2 is 1.58 bits per heavy atom. The number of aliphatic hydroxyl groups is 3. The summed E-state index contributed by atoms with van der Waals surface area (Å²) < 4.78 is 0. The summed E-state index contributed by atoms with van der Waals surface area (Å²) in [5, 5.41) is 30.6. The first-order chi connectivity index (χ1) is 12.5. The highest BCUT2D eigenvalue weighted by Gasteiger charge is 2.55. The molecule has 10 unspecified atom stereocenters. The molecule has 4 saturated carbocycles. The van der Waals surface area contributed by atoms with Crippen LogP contribution in [0.2, 0.25) is 0 Å². The topological polar surface area (TPSA) is 60.7 Å². The van der Waals surface area contributed by atoms with Gasteiger partial charge in [-0.25, -0.2) is 0 Å². The van der Waals surface area contributed by atoms with E-state index in [0.29, 0.717) is 35.3 Å². The third-order valence-corrected chi connectivity index (χ3v) is 8.93. The zero-order valence-electron chi connectivity index (χ0n) is 16.4. The molecule has 4 fully saturated rings. The van der Waals surface area contributed by atoms with Crippen LogP contribution >= 0.6 is 0 Å². The van der Waals surface area contributed by atoms with E-state index in [0.717, 1.165) is 49.9 Å². The van der Waals surface area contributed by atoms with Crippen LogP contribution in [0.15, 0.2) is 12.3 Å². The third kappa shape index (κ3) is 3.35. The van der Waals surface area contributed by atoms with Crippen molar-refractivity contribution in [3.8, 4) is 0 Å². The SMILES string of the molecule is C=C(O)CCC(C)C1CCC2C1CCC1C3CCC(O)CC3CC(O)C12. The van der Waals surface area contributed by atoms with Gasteiger partial charge in [0, 0.05) is 6.42 Å². The van der Waals surface area contributed by atoms with Gasteiger partial charge in [-0.15, -0.1) is 0 Å². The van der Waals surface area contributed by atoms with Crippen LogP contribution in [0.1, 0.15) is 71.1 Å². The molecule has 0 radical (unpaired) electrons. The van der Waals surface area contributed by atoms with E-state index in [1.165, 1.54) is 32.1 Å². The van der Waals surface area contributed by atoms with Crippen LogP contribution in [0.5, 0.6) is 0 Å². The summed E-state index contributed by atoms with van der Waals surface area (Å²) in [4.78, 5) is 0. The predicted octanol–water partition coefficient (Wildman–Crippen LogP) is 4.68. The minimum absolute atomic E-state index is 0.130. The van der Waals surface area contributed by atoms with Crippen LogP contribution in [0.3, 0.4) is 0 Å². The van der Waals surface area contributed by atoms with Crippen LogP contribution < -0.4 is 0 Å². The van der Waals surface area contributed by atoms with Crippen molar-refractivity contribution in [1.82, 2.24) is 0 Å². The van der Waals surface area contributed by atoms with E-state index in [1.54, 1.807) is 0 Å². The minimum Gasteiger partial charge on any atom is -0.513 e. The zero-order valence-corrected chi connectivity index (χ0v) is 16.4. The van der Waals surface area contributed by atoms with Gasteiger partial charge in [0.1, 0.15) is 0 Å². The second-order valence-corrected chi connectivity index (χ2v) is 10.2. The van der Waals surface area contributed by atoms with Crippen molar-refractivity contribution in [3.63, 3.8) is 0 Å². The zero-order chi connectivity index (χ0) is 18.4. The van der Waals surface area contributed by atoms with Crippen molar-refractivity contribution in [2.45, 2.75) is 83.3 Å². The molecule has 0 heterocycles. The van der Waals surface area contributed by atoms with Crippen LogP contribution in [-0.2, 0) is 0 Å². The lowest BCUT2D eigenvalue weighted by atomic mass is 9.52. The fraction of sp³-hybridized carbons (Fsp3) is 0.913. The fourth-order valence-electron chi connectivity index (χ4n) is 7.88. The van der Waals surface area contributed by atoms with Gasteiger partial charge < -0.3 is 15.3 Å². The van der Waals surface area contributed by atoms with Gasteiger partial charge in [-0.05, 0) is 105 Å². The van der Waals surface area contributed by atoms with Gasteiger partial charge in [-0.3, -0.25) is 0 Å². The van der Waals surface area contributed by atoms with Gasteiger partial charge in [-0.1, -0.05) is 13.5 Å². The molecule has 4 rings (SSSR count). The summed E-state index contributed by atoms with van der Waals surface area (Å²) >= 11 is 0. The summed E-state index contributed by atoms with van der Waals surface area (Å²) in [5.74, 6) is 5.73. The number of rotatable bonds is 4. The van der Waals surface area contributed by atoms with E-state index in [4.69, 9.17) is 0 Å². The lowest BCUT2D eigenvalue weighted by molar-refractivity contribution is -0.115. The van der Waals surface area contributed by atoms with E-state index >= 15 is 0 Å². The third-order valence-electron chi connectivity index (χ3n) is 8.93. The van der Waals surface area contributed by atoms with Crippen molar-refractivity contribution in [3.05, 3.63) is 12.3 Å². The molecule has 4 aliphatic carbocycles. The van der Waals surface area contributed by atoms with Crippen LogP contribution in [0.4, 0.5) is 0 Å². The molecule has 26 heavy (non-hydrogen) atoms. The first-order valence-electron chi connectivity index (χ1n) is 11.2. The van der Waals surface area contributed by atoms with Gasteiger partial charge in [0.05, 0.1) is 18.0 Å². The average molecular weight is 363 g/mol. The van der Waals surface area contributed by atoms with Crippen molar-refractivity contribution in [1.29, 1.82) is 0 Å². The monoisotopic (exact) mass is 362 g/mol. The van der Waals surface area contributed by atoms with E-state index in [1.807, 2.05) is 0 Å². The molecule has 0 spiro atoms. The van der Waals surface area contributed by atoms with Crippen LogP contribution in [0, 0.1) is 47.3 Å². The summed E-state index contributed by atoms with van der Waals surface area (Å²) in [6, 6.07) is 0. The van der Waals surface area contributed by atoms with Crippen LogP contribution in [0.25, 0.3) is 0 Å². The first-order valence-corrected chi connectivity index (χ1v) is 11.2. The molecule has 0 amide bonds. The smallest absolute Gasteiger partial charge is 0.0851 e. The lowest BCUT2D eigenvalue weighted by Crippen LogP contribution is -2.52. The van der Waals surface area contributed by atoms with Crippen molar-refractivity contribution < 1.29 is 15.3 Å². The Bertz CT molecular complexity index is 518. The standard InChI is InChI=1S/C23H38O3/c1-13(3-4-14(2)24)17-7-9-21-19(17)8-10-20-18-6-5-16(25)11-15(18)12-22(26)23(20)21/h13,15-26H,2-12H2,1H3. The molecule has 148 valence electrons. The first kappa shape index (κ1) is 18.8. The lowest BCUT2D eigenvalue weighted by Gasteiger charge is -2.54. The Hall–Kier alpha value is -0.540. The second kappa shape index (κ2) is 7.47. The van der Waals surface area contributed by atoms with Gasteiger partial charge in [0.25, 0.3) is 0 Å². The molecule has 0 aromatic carbocycles. The van der Waals surface area contributed by atoms with Crippen molar-refractivity contribution in [2.24, 2.45) is 47.3 Å². The molecule has 0 aromatic rings. The molecule has 0 bridgehead atoms. The van der Waals surface area contributed by atoms with Crippen molar-refractivity contribution >= 4 is 0 Å². The Kier molecular flexibility index (Phi) is 5.40. The molecule has 0 aliphatic heterocycles. The maximum absolute atomic E-state index is 11.1. The Labute approximate surface area is 158 Å². The summed E-state index contributed by atoms with van der Waals surface area (Å²) in [5.41, 5.74) is 0. The average Bonchev–Trinajstić information content (AvgIpc) is 3.03. The number of fused-ring (bicyclic) bond motifs is 5. The Morgan fingerprint density at radius 1 is 0.923 bits per heavy atom. The molecular weight excluding hydrogens is 324 g/mol. The van der Waals surface area contributed by atoms with E-state index in [-0.39, 0.29) is 12.2 Å². The van der Waals surface area contributed by atoms with Crippen molar-refractivity contribution in [2.75, 3.05) is 0 Å². The van der Waals surface area contributed by atoms with Gasteiger partial charge >= 0.3 is 0 Å². The molecule has 3 N–H and O–H groups in total. The normalized spacial score (nSPS) is 49.0. The molecular formula is C23H38O3. The van der Waals surface area contributed by atoms with Gasteiger partial charge in [-0.2, -0.15) is 0 Å². The number of hydrogen-bond acceptors (Lipinski definition) is 3. The summed E-state index contributed by atoms with van der Waals surface area (Å²) in [7, 11) is 0. The molecule has 0 aromatic heterocycles. The highest BCUT2D eigenvalue weighted by Crippen LogP contribution is 2.60. The quantitative estimate of drug-likeness (QED) is 0.636. The van der Waals surface area contributed by atoms with E-state index in [9.17, 15) is 15.3 Å². The second-order valence-electron chi connectivity index (χ2n) is 10.2. The molecule has 0 saturated heterocycles. The highest BCUT2D eigenvalue weighted by molar-refractivity contribution is 5.04. The molecule has 3 heteroatoms. The summed E-state index contributed by atoms with van der Waals surface area (Å²) in [6.07, 6.45) is 10.7. The van der Waals surface area contributed by atoms with Gasteiger partial charge in [0.15, 0.2) is 0 Å². The largest absolute Gasteiger partial charge is 0.513 e. The predicted molar refractivity (Wildman–Crippen MR) is 104 cm³/mol. The van der Waals surface area contributed by atoms with Gasteiger partial charge in [0.2, 0.25) is 0 Å². The highest BCUT2D eigenvalue weighted by atomic mass is 16.3. The Balaban J connectivity index is 1.46. The maximum Gasteiger partial charge on any atom is 0.0851 e. The number of aliphatic hydroxyl groups excluding tert-OH is 3. The Morgan fingerprint density at radius 3 is 2.35 bits per heavy atom.